The molecule has 8 nitrogen and oxygen atoms in total. The second kappa shape index (κ2) is 11.9. The second-order valence-corrected chi connectivity index (χ2v) is 9.48. The van der Waals surface area contributed by atoms with E-state index in [2.05, 4.69) is 32.7 Å². The van der Waals surface area contributed by atoms with Crippen LogP contribution in [-0.2, 0) is 6.61 Å². The number of piperidine rings is 1. The Bertz CT molecular complexity index is 1150. The van der Waals surface area contributed by atoms with Crippen molar-refractivity contribution >= 4 is 28.8 Å². The quantitative estimate of drug-likeness (QED) is 0.462. The number of nitrogens with one attached hydrogen (secondary N) is 2. The van der Waals surface area contributed by atoms with Gasteiger partial charge in [-0.05, 0) is 68.8 Å². The minimum Gasteiger partial charge on any atom is -0.486 e. The molecule has 184 valence electrons. The minimum atomic E-state index is -0.468. The number of carbonyl (C=O) groups is 2. The number of likely N-dealkylation sites (tertiary alicyclic amines) is 1. The number of rotatable bonds is 9. The van der Waals surface area contributed by atoms with Gasteiger partial charge in [0, 0.05) is 30.4 Å². The monoisotopic (exact) mass is 497 g/mol. The van der Waals surface area contributed by atoms with E-state index in [0.29, 0.717) is 34.6 Å². The second-order valence-electron chi connectivity index (χ2n) is 8.42. The minimum absolute atomic E-state index is 0.112. The molecule has 2 amide bonds. The highest BCUT2D eigenvalue weighted by Crippen LogP contribution is 2.18. The average molecular weight is 498 g/mol. The number of nitrogens with zero attached hydrogens (tertiary/aromatic N) is 3. The molecule has 10 heteroatoms. The first-order chi connectivity index (χ1) is 17.0. The van der Waals surface area contributed by atoms with Gasteiger partial charge in [-0.25, -0.2) is 4.39 Å². The molecule has 1 aliphatic heterocycles. The molecule has 0 aliphatic carbocycles. The van der Waals surface area contributed by atoms with Gasteiger partial charge in [-0.1, -0.05) is 23.8 Å². The van der Waals surface area contributed by atoms with Crippen molar-refractivity contribution in [1.82, 2.24) is 20.4 Å². The van der Waals surface area contributed by atoms with E-state index < -0.39 is 11.7 Å². The molecule has 2 N–H and O–H groups in total. The van der Waals surface area contributed by atoms with Gasteiger partial charge >= 0.3 is 0 Å². The lowest BCUT2D eigenvalue weighted by atomic mass is 10.0. The number of carbonyl (C=O) groups excluding carboxylic acids is 2. The number of hydrogen-bond acceptors (Lipinski definition) is 7. The SMILES string of the molecule is C[C@H]1CCCCN1CCNC(=O)c1ccc(OCc2nnc(C(=O)Nc3cccc(F)c3)s2)cc1. The van der Waals surface area contributed by atoms with Crippen molar-refractivity contribution in [3.05, 3.63) is 69.9 Å². The fourth-order valence-corrected chi connectivity index (χ4v) is 4.56. The lowest BCUT2D eigenvalue weighted by Crippen LogP contribution is -2.42. The van der Waals surface area contributed by atoms with Gasteiger partial charge in [0.25, 0.3) is 11.8 Å². The summed E-state index contributed by atoms with van der Waals surface area (Å²) in [5.74, 6) is -0.446. The largest absolute Gasteiger partial charge is 0.486 e. The maximum absolute atomic E-state index is 13.3. The Morgan fingerprint density at radius 3 is 2.74 bits per heavy atom. The highest BCUT2D eigenvalue weighted by atomic mass is 32.1. The Labute approximate surface area is 207 Å². The molecule has 35 heavy (non-hydrogen) atoms. The van der Waals surface area contributed by atoms with Crippen LogP contribution in [0.4, 0.5) is 10.1 Å². The van der Waals surface area contributed by atoms with E-state index >= 15 is 0 Å². The predicted molar refractivity (Wildman–Crippen MR) is 132 cm³/mol. The number of halogens is 1. The van der Waals surface area contributed by atoms with E-state index in [1.807, 2.05) is 0 Å². The van der Waals surface area contributed by atoms with Crippen LogP contribution < -0.4 is 15.4 Å². The number of hydrogen-bond donors (Lipinski definition) is 2. The van der Waals surface area contributed by atoms with E-state index in [4.69, 9.17) is 4.74 Å². The van der Waals surface area contributed by atoms with Crippen molar-refractivity contribution in [3.8, 4) is 5.75 Å². The first-order valence-corrected chi connectivity index (χ1v) is 12.4. The molecular formula is C25H28FN5O3S. The molecule has 1 aliphatic rings. The molecular weight excluding hydrogens is 469 g/mol. The third kappa shape index (κ3) is 7.06. The topological polar surface area (TPSA) is 96.5 Å². The summed E-state index contributed by atoms with van der Waals surface area (Å²) >= 11 is 1.09. The summed E-state index contributed by atoms with van der Waals surface area (Å²) in [5.41, 5.74) is 0.907. The van der Waals surface area contributed by atoms with E-state index in [0.717, 1.165) is 24.4 Å². The Morgan fingerprint density at radius 2 is 1.97 bits per heavy atom. The number of ether oxygens (including phenoxy) is 1. The fraction of sp³-hybridized carbons (Fsp3) is 0.360. The molecule has 0 saturated carbocycles. The van der Waals surface area contributed by atoms with Crippen LogP contribution in [-0.4, -0.2) is 52.6 Å². The van der Waals surface area contributed by atoms with Gasteiger partial charge in [-0.2, -0.15) is 0 Å². The Morgan fingerprint density at radius 1 is 1.14 bits per heavy atom. The normalized spacial score (nSPS) is 16.0. The number of benzene rings is 2. The molecule has 4 rings (SSSR count). The van der Waals surface area contributed by atoms with Crippen molar-refractivity contribution in [3.63, 3.8) is 0 Å². The third-order valence-electron chi connectivity index (χ3n) is 5.85. The third-order valence-corrected chi connectivity index (χ3v) is 6.74. The van der Waals surface area contributed by atoms with Gasteiger partial charge in [-0.15, -0.1) is 10.2 Å². The van der Waals surface area contributed by atoms with Gasteiger partial charge in [0.2, 0.25) is 5.01 Å². The van der Waals surface area contributed by atoms with Crippen molar-refractivity contribution in [2.45, 2.75) is 38.8 Å². The molecule has 2 heterocycles. The van der Waals surface area contributed by atoms with Crippen molar-refractivity contribution < 1.29 is 18.7 Å². The van der Waals surface area contributed by atoms with Gasteiger partial charge < -0.3 is 15.4 Å². The van der Waals surface area contributed by atoms with Crippen molar-refractivity contribution in [1.29, 1.82) is 0 Å². The molecule has 2 aromatic carbocycles. The standard InChI is InChI=1S/C25H28FN5O3S/c1-17-5-2-3-13-31(17)14-12-27-23(32)18-8-10-21(11-9-18)34-16-22-29-30-25(35-22)24(33)28-20-7-4-6-19(26)15-20/h4,6-11,15,17H,2-3,5,12-14,16H2,1H3,(H,27,32)(H,28,33)/t17-/m0/s1. The maximum atomic E-state index is 13.3. The molecule has 1 atom stereocenters. The Hall–Kier alpha value is -3.37. The van der Waals surface area contributed by atoms with Crippen LogP contribution >= 0.6 is 11.3 Å². The summed E-state index contributed by atoms with van der Waals surface area (Å²) < 4.78 is 19.0. The van der Waals surface area contributed by atoms with Crippen molar-refractivity contribution in [2.24, 2.45) is 0 Å². The van der Waals surface area contributed by atoms with Crippen LogP contribution in [0.25, 0.3) is 0 Å². The molecule has 0 bridgehead atoms. The summed E-state index contributed by atoms with van der Waals surface area (Å²) in [6, 6.07) is 13.1. The van der Waals surface area contributed by atoms with Crippen LogP contribution in [0.3, 0.4) is 0 Å². The van der Waals surface area contributed by atoms with Gasteiger partial charge in [0.1, 0.15) is 18.2 Å². The summed E-state index contributed by atoms with van der Waals surface area (Å²) in [6.45, 7) is 4.94. The highest BCUT2D eigenvalue weighted by Gasteiger charge is 2.18. The summed E-state index contributed by atoms with van der Waals surface area (Å²) in [6.07, 6.45) is 3.72. The van der Waals surface area contributed by atoms with Crippen LogP contribution in [0.5, 0.6) is 5.75 Å². The van der Waals surface area contributed by atoms with Crippen LogP contribution in [0.2, 0.25) is 0 Å². The maximum Gasteiger partial charge on any atom is 0.286 e. The lowest BCUT2D eigenvalue weighted by molar-refractivity contribution is 0.0937. The fourth-order valence-electron chi connectivity index (χ4n) is 3.91. The van der Waals surface area contributed by atoms with Gasteiger partial charge in [-0.3, -0.25) is 14.5 Å². The lowest BCUT2D eigenvalue weighted by Gasteiger charge is -2.33. The highest BCUT2D eigenvalue weighted by molar-refractivity contribution is 7.13. The first kappa shape index (κ1) is 24.7. The van der Waals surface area contributed by atoms with E-state index in [1.54, 1.807) is 30.3 Å². The number of aromatic nitrogens is 2. The van der Waals surface area contributed by atoms with E-state index in [-0.39, 0.29) is 17.5 Å². The molecule has 0 spiro atoms. The van der Waals surface area contributed by atoms with Gasteiger partial charge in [0.15, 0.2) is 5.01 Å². The number of anilines is 1. The summed E-state index contributed by atoms with van der Waals surface area (Å²) in [5, 5.41) is 14.1. The molecule has 1 aromatic heterocycles. The summed E-state index contributed by atoms with van der Waals surface area (Å²) in [7, 11) is 0. The van der Waals surface area contributed by atoms with Gasteiger partial charge in [0.05, 0.1) is 0 Å². The Kier molecular flexibility index (Phi) is 8.38. The molecule has 1 saturated heterocycles. The van der Waals surface area contributed by atoms with Crippen LogP contribution in [0.1, 0.15) is 51.4 Å². The number of amides is 2. The van der Waals surface area contributed by atoms with Crippen LogP contribution in [0.15, 0.2) is 48.5 Å². The smallest absolute Gasteiger partial charge is 0.286 e. The zero-order valence-electron chi connectivity index (χ0n) is 19.5. The van der Waals surface area contributed by atoms with Crippen LogP contribution in [0, 0.1) is 5.82 Å². The molecule has 3 aromatic rings. The van der Waals surface area contributed by atoms with Crippen molar-refractivity contribution in [2.75, 3.05) is 25.0 Å². The summed E-state index contributed by atoms with van der Waals surface area (Å²) in [4.78, 5) is 27.1. The zero-order valence-corrected chi connectivity index (χ0v) is 20.3. The molecule has 0 radical (unpaired) electrons. The Balaban J connectivity index is 1.22. The van der Waals surface area contributed by atoms with E-state index in [9.17, 15) is 14.0 Å². The predicted octanol–water partition coefficient (Wildman–Crippen LogP) is 4.11. The first-order valence-electron chi connectivity index (χ1n) is 11.6. The average Bonchev–Trinajstić information content (AvgIpc) is 3.34. The zero-order chi connectivity index (χ0) is 24.6. The van der Waals surface area contributed by atoms with E-state index in [1.165, 1.54) is 37.5 Å². The molecule has 0 unspecified atom stereocenters. The molecule has 1 fully saturated rings.